The molecule has 0 aliphatic rings. The van der Waals surface area contributed by atoms with E-state index in [4.69, 9.17) is 5.11 Å². The molecule has 10 heavy (non-hydrogen) atoms. The molecule has 3 heteroatoms. The lowest BCUT2D eigenvalue weighted by molar-refractivity contribution is -0.135. The van der Waals surface area contributed by atoms with Gasteiger partial charge in [0.2, 0.25) is 0 Å². The number of ether oxygens (including phenoxy) is 1. The van der Waals surface area contributed by atoms with Crippen LogP contribution in [0.1, 0.15) is 13.8 Å². The highest BCUT2D eigenvalue weighted by atomic mass is 16.5. The number of hydrogen-bond acceptors (Lipinski definition) is 3. The van der Waals surface area contributed by atoms with Gasteiger partial charge in [-0.25, -0.2) is 4.79 Å². The minimum absolute atomic E-state index is 0.160. The van der Waals surface area contributed by atoms with Gasteiger partial charge < -0.3 is 9.84 Å². The molecule has 0 aromatic rings. The Kier molecular flexibility index (Phi) is 3.25. The van der Waals surface area contributed by atoms with E-state index in [9.17, 15) is 4.79 Å². The summed E-state index contributed by atoms with van der Waals surface area (Å²) in [7, 11) is 0. The van der Waals surface area contributed by atoms with Crippen LogP contribution in [0.2, 0.25) is 0 Å². The Balaban J connectivity index is 3.93. The molecular formula is C7H10O3. The third kappa shape index (κ3) is 2.91. The highest BCUT2D eigenvalue weighted by Crippen LogP contribution is 1.99. The molecule has 0 radical (unpaired) electrons. The number of aliphatic hydroxyl groups excluding tert-OH is 1. The maximum Gasteiger partial charge on any atom is 0.338 e. The molecule has 0 rings (SSSR count). The summed E-state index contributed by atoms with van der Waals surface area (Å²) in [6.45, 7) is 6.37. The lowest BCUT2D eigenvalue weighted by Crippen LogP contribution is -2.02. The van der Waals surface area contributed by atoms with Crippen molar-refractivity contribution in [2.45, 2.75) is 13.8 Å². The molecule has 0 aliphatic carbocycles. The maximum atomic E-state index is 10.6. The van der Waals surface area contributed by atoms with Gasteiger partial charge in [0, 0.05) is 5.57 Å². The summed E-state index contributed by atoms with van der Waals surface area (Å²) in [5.41, 5.74) is 0.307. The lowest BCUT2D eigenvalue weighted by Gasteiger charge is -2.00. The molecule has 0 unspecified atom stereocenters. The zero-order valence-corrected chi connectivity index (χ0v) is 6.05. The Morgan fingerprint density at radius 2 is 2.10 bits per heavy atom. The summed E-state index contributed by atoms with van der Waals surface area (Å²) in [4.78, 5) is 10.6. The third-order valence-electron chi connectivity index (χ3n) is 0.784. The van der Waals surface area contributed by atoms with E-state index in [0.29, 0.717) is 5.57 Å². The number of carbonyl (C=O) groups excluding carboxylic acids is 1. The number of rotatable bonds is 2. The second-order valence-electron chi connectivity index (χ2n) is 1.91. The number of aliphatic hydroxyl groups is 1. The second kappa shape index (κ2) is 3.71. The number of hydrogen-bond donors (Lipinski definition) is 1. The molecule has 3 nitrogen and oxygen atoms in total. The van der Waals surface area contributed by atoms with Crippen molar-refractivity contribution >= 4 is 5.97 Å². The van der Waals surface area contributed by atoms with Gasteiger partial charge in [-0.1, -0.05) is 6.58 Å². The van der Waals surface area contributed by atoms with E-state index >= 15 is 0 Å². The molecule has 0 aromatic carbocycles. The zero-order valence-electron chi connectivity index (χ0n) is 6.05. The Morgan fingerprint density at radius 1 is 1.60 bits per heavy atom. The summed E-state index contributed by atoms with van der Waals surface area (Å²) in [6, 6.07) is 0. The van der Waals surface area contributed by atoms with Crippen molar-refractivity contribution in [2.75, 3.05) is 0 Å². The fourth-order valence-electron chi connectivity index (χ4n) is 0.260. The van der Waals surface area contributed by atoms with Crippen molar-refractivity contribution in [3.8, 4) is 0 Å². The molecule has 1 N–H and O–H groups in total. The zero-order chi connectivity index (χ0) is 8.15. The van der Waals surface area contributed by atoms with E-state index in [1.54, 1.807) is 0 Å². The van der Waals surface area contributed by atoms with Crippen LogP contribution in [0.4, 0.5) is 0 Å². The van der Waals surface area contributed by atoms with Gasteiger partial charge in [-0.2, -0.15) is 0 Å². The number of carbonyl (C=O) groups is 1. The van der Waals surface area contributed by atoms with Gasteiger partial charge in [0.1, 0.15) is 12.0 Å². The standard InChI is InChI=1S/C7H10O3/c1-5(2)7(9)10-6(3)4-8/h4,8H,1H2,2-3H3. The highest BCUT2D eigenvalue weighted by molar-refractivity contribution is 5.87. The second-order valence-corrected chi connectivity index (χ2v) is 1.91. The first-order chi connectivity index (χ1) is 4.57. The lowest BCUT2D eigenvalue weighted by atomic mass is 10.4. The van der Waals surface area contributed by atoms with Crippen LogP contribution >= 0.6 is 0 Å². The van der Waals surface area contributed by atoms with Crippen molar-refractivity contribution in [3.63, 3.8) is 0 Å². The molecule has 0 aromatic heterocycles. The quantitative estimate of drug-likeness (QED) is 0.361. The molecule has 56 valence electrons. The van der Waals surface area contributed by atoms with Gasteiger partial charge in [-0.15, -0.1) is 0 Å². The van der Waals surface area contributed by atoms with E-state index < -0.39 is 5.97 Å². The summed E-state index contributed by atoms with van der Waals surface area (Å²) in [6.07, 6.45) is 0.723. The van der Waals surface area contributed by atoms with E-state index in [-0.39, 0.29) is 5.76 Å². The SMILES string of the molecule is C=C(C)C(=O)OC(C)=CO. The van der Waals surface area contributed by atoms with Crippen LogP contribution in [0, 0.1) is 0 Å². The van der Waals surface area contributed by atoms with Gasteiger partial charge in [0.05, 0.1) is 0 Å². The van der Waals surface area contributed by atoms with Crippen molar-refractivity contribution in [1.29, 1.82) is 0 Å². The van der Waals surface area contributed by atoms with E-state index in [1.165, 1.54) is 13.8 Å². The first kappa shape index (κ1) is 8.75. The summed E-state index contributed by atoms with van der Waals surface area (Å²) >= 11 is 0. The summed E-state index contributed by atoms with van der Waals surface area (Å²) < 4.78 is 4.53. The Morgan fingerprint density at radius 3 is 2.40 bits per heavy atom. The monoisotopic (exact) mass is 142 g/mol. The van der Waals surface area contributed by atoms with Crippen molar-refractivity contribution in [2.24, 2.45) is 0 Å². The van der Waals surface area contributed by atoms with Crippen LogP contribution in [-0.2, 0) is 9.53 Å². The first-order valence-electron chi connectivity index (χ1n) is 2.76. The fourth-order valence-corrected chi connectivity index (χ4v) is 0.260. The normalized spacial score (nSPS) is 10.8. The Labute approximate surface area is 59.6 Å². The largest absolute Gasteiger partial charge is 0.512 e. The molecule has 0 spiro atoms. The number of esters is 1. The van der Waals surface area contributed by atoms with Gasteiger partial charge >= 0.3 is 5.97 Å². The average molecular weight is 142 g/mol. The van der Waals surface area contributed by atoms with Crippen LogP contribution in [0.3, 0.4) is 0 Å². The third-order valence-corrected chi connectivity index (χ3v) is 0.784. The van der Waals surface area contributed by atoms with Crippen LogP contribution in [0.25, 0.3) is 0 Å². The Bertz CT molecular complexity index is 179. The van der Waals surface area contributed by atoms with E-state index in [1.807, 2.05) is 0 Å². The Hall–Kier alpha value is -1.25. The fraction of sp³-hybridized carbons (Fsp3) is 0.286. The predicted molar refractivity (Wildman–Crippen MR) is 37.3 cm³/mol. The predicted octanol–water partition coefficient (Wildman–Crippen LogP) is 1.53. The molecule has 0 aliphatic heterocycles. The highest BCUT2D eigenvalue weighted by Gasteiger charge is 2.02. The van der Waals surface area contributed by atoms with E-state index in [0.717, 1.165) is 6.26 Å². The molecule has 0 saturated heterocycles. The van der Waals surface area contributed by atoms with Gasteiger partial charge in [-0.3, -0.25) is 0 Å². The molecule has 0 fully saturated rings. The van der Waals surface area contributed by atoms with Crippen molar-refractivity contribution in [1.82, 2.24) is 0 Å². The smallest absolute Gasteiger partial charge is 0.338 e. The topological polar surface area (TPSA) is 46.5 Å². The molecule has 0 atom stereocenters. The van der Waals surface area contributed by atoms with E-state index in [2.05, 4.69) is 11.3 Å². The van der Waals surface area contributed by atoms with Crippen LogP contribution in [0.5, 0.6) is 0 Å². The maximum absolute atomic E-state index is 10.6. The minimum atomic E-state index is -0.525. The van der Waals surface area contributed by atoms with Gasteiger partial charge in [-0.05, 0) is 13.8 Å². The van der Waals surface area contributed by atoms with Crippen molar-refractivity contribution in [3.05, 3.63) is 24.2 Å². The van der Waals surface area contributed by atoms with Crippen molar-refractivity contribution < 1.29 is 14.6 Å². The summed E-state index contributed by atoms with van der Waals surface area (Å²) in [5.74, 6) is -0.365. The molecule has 0 heterocycles. The van der Waals surface area contributed by atoms with Gasteiger partial charge in [0.15, 0.2) is 0 Å². The number of allylic oxidation sites excluding steroid dienone is 1. The van der Waals surface area contributed by atoms with Gasteiger partial charge in [0.25, 0.3) is 0 Å². The van der Waals surface area contributed by atoms with Crippen LogP contribution in [0.15, 0.2) is 24.2 Å². The molecule has 0 bridgehead atoms. The summed E-state index contributed by atoms with van der Waals surface area (Å²) in [5, 5.41) is 8.30. The molecular weight excluding hydrogens is 132 g/mol. The van der Waals surface area contributed by atoms with Crippen LogP contribution in [-0.4, -0.2) is 11.1 Å². The minimum Gasteiger partial charge on any atom is -0.512 e. The molecule has 0 amide bonds. The average Bonchev–Trinajstić information content (AvgIpc) is 1.87. The first-order valence-corrected chi connectivity index (χ1v) is 2.76. The van der Waals surface area contributed by atoms with Crippen LogP contribution < -0.4 is 0 Å². The molecule has 0 saturated carbocycles.